The Hall–Kier alpha value is -1.84. The molecule has 2 aliphatic rings. The van der Waals surface area contributed by atoms with Gasteiger partial charge < -0.3 is 9.84 Å². The lowest BCUT2D eigenvalue weighted by molar-refractivity contribution is -0.000661. The lowest BCUT2D eigenvalue weighted by Crippen LogP contribution is -2.31. The standard InChI is InChI=1S/C16H18O4/c1-9-10-6-7-11(8-10)14(9)20-16(19)13-5-3-2-4-12(13)15(17)18/h2-5,9-11,14H,6-8H2,1H3,(H,17,18). The Morgan fingerprint density at radius 1 is 1.15 bits per heavy atom. The molecular formula is C16H18O4. The van der Waals surface area contributed by atoms with E-state index in [1.54, 1.807) is 12.1 Å². The zero-order valence-electron chi connectivity index (χ0n) is 11.4. The number of esters is 1. The second-order valence-electron chi connectivity index (χ2n) is 5.91. The molecule has 1 N–H and O–H groups in total. The number of rotatable bonds is 3. The quantitative estimate of drug-likeness (QED) is 0.861. The molecule has 3 rings (SSSR count). The number of benzene rings is 1. The number of carboxylic acids is 1. The van der Waals surface area contributed by atoms with Gasteiger partial charge in [-0.05, 0) is 49.1 Å². The van der Waals surface area contributed by atoms with Crippen LogP contribution >= 0.6 is 0 Å². The van der Waals surface area contributed by atoms with Crippen LogP contribution in [0.15, 0.2) is 24.3 Å². The molecule has 0 saturated heterocycles. The van der Waals surface area contributed by atoms with Crippen molar-refractivity contribution in [1.29, 1.82) is 0 Å². The van der Waals surface area contributed by atoms with Crippen molar-refractivity contribution < 1.29 is 19.4 Å². The van der Waals surface area contributed by atoms with E-state index >= 15 is 0 Å². The zero-order valence-corrected chi connectivity index (χ0v) is 11.4. The van der Waals surface area contributed by atoms with E-state index in [4.69, 9.17) is 9.84 Å². The van der Waals surface area contributed by atoms with E-state index in [-0.39, 0.29) is 17.2 Å². The molecule has 0 spiro atoms. The third-order valence-corrected chi connectivity index (χ3v) is 4.86. The molecule has 20 heavy (non-hydrogen) atoms. The molecule has 106 valence electrons. The van der Waals surface area contributed by atoms with Crippen LogP contribution in [0.25, 0.3) is 0 Å². The molecule has 2 saturated carbocycles. The highest BCUT2D eigenvalue weighted by Crippen LogP contribution is 2.49. The molecule has 0 aromatic heterocycles. The lowest BCUT2D eigenvalue weighted by Gasteiger charge is -2.28. The Labute approximate surface area is 117 Å². The molecule has 0 radical (unpaired) electrons. The lowest BCUT2D eigenvalue weighted by atomic mass is 9.88. The molecule has 2 bridgehead atoms. The maximum Gasteiger partial charge on any atom is 0.339 e. The summed E-state index contributed by atoms with van der Waals surface area (Å²) in [5.41, 5.74) is 0.156. The average molecular weight is 274 g/mol. The predicted octanol–water partition coefficient (Wildman–Crippen LogP) is 2.98. The molecule has 4 nitrogen and oxygen atoms in total. The first-order chi connectivity index (χ1) is 9.58. The summed E-state index contributed by atoms with van der Waals surface area (Å²) in [6.07, 6.45) is 3.43. The Kier molecular flexibility index (Phi) is 3.24. The first kappa shape index (κ1) is 13.2. The fourth-order valence-corrected chi connectivity index (χ4v) is 3.76. The van der Waals surface area contributed by atoms with Crippen molar-refractivity contribution in [3.8, 4) is 0 Å². The highest BCUT2D eigenvalue weighted by atomic mass is 16.5. The Morgan fingerprint density at radius 2 is 1.80 bits per heavy atom. The first-order valence-corrected chi connectivity index (χ1v) is 7.11. The van der Waals surface area contributed by atoms with Crippen molar-refractivity contribution in [1.82, 2.24) is 0 Å². The number of ether oxygens (including phenoxy) is 1. The van der Waals surface area contributed by atoms with Gasteiger partial charge in [-0.15, -0.1) is 0 Å². The molecule has 0 heterocycles. The van der Waals surface area contributed by atoms with Crippen LogP contribution in [0.4, 0.5) is 0 Å². The van der Waals surface area contributed by atoms with Crippen LogP contribution in [0.3, 0.4) is 0 Å². The van der Waals surface area contributed by atoms with E-state index < -0.39 is 11.9 Å². The summed E-state index contributed by atoms with van der Waals surface area (Å²) in [6, 6.07) is 6.22. The number of carbonyl (C=O) groups excluding carboxylic acids is 1. The summed E-state index contributed by atoms with van der Waals surface area (Å²) in [4.78, 5) is 23.4. The van der Waals surface area contributed by atoms with Gasteiger partial charge in [-0.2, -0.15) is 0 Å². The molecule has 2 fully saturated rings. The van der Waals surface area contributed by atoms with Crippen LogP contribution in [-0.4, -0.2) is 23.1 Å². The van der Waals surface area contributed by atoms with Gasteiger partial charge in [-0.3, -0.25) is 0 Å². The van der Waals surface area contributed by atoms with Crippen molar-refractivity contribution in [2.75, 3.05) is 0 Å². The highest BCUT2D eigenvalue weighted by Gasteiger charge is 2.47. The van der Waals surface area contributed by atoms with E-state index in [9.17, 15) is 9.59 Å². The minimum absolute atomic E-state index is 0.00769. The van der Waals surface area contributed by atoms with E-state index in [1.807, 2.05) is 0 Å². The molecule has 4 unspecified atom stereocenters. The predicted molar refractivity (Wildman–Crippen MR) is 72.6 cm³/mol. The fourth-order valence-electron chi connectivity index (χ4n) is 3.76. The van der Waals surface area contributed by atoms with Crippen molar-refractivity contribution >= 4 is 11.9 Å². The highest BCUT2D eigenvalue weighted by molar-refractivity contribution is 6.02. The molecule has 4 heteroatoms. The fraction of sp³-hybridized carbons (Fsp3) is 0.500. The summed E-state index contributed by atoms with van der Waals surface area (Å²) in [5, 5.41) is 9.12. The number of hydrogen-bond acceptors (Lipinski definition) is 3. The Morgan fingerprint density at radius 3 is 2.40 bits per heavy atom. The smallest absolute Gasteiger partial charge is 0.339 e. The second kappa shape index (κ2) is 4.93. The van der Waals surface area contributed by atoms with Gasteiger partial charge in [0.05, 0.1) is 11.1 Å². The number of carbonyl (C=O) groups is 2. The number of carboxylic acid groups (broad SMARTS) is 1. The minimum Gasteiger partial charge on any atom is -0.478 e. The zero-order chi connectivity index (χ0) is 14.3. The van der Waals surface area contributed by atoms with Gasteiger partial charge in [0.25, 0.3) is 0 Å². The van der Waals surface area contributed by atoms with Crippen LogP contribution in [0, 0.1) is 17.8 Å². The van der Waals surface area contributed by atoms with E-state index in [2.05, 4.69) is 6.92 Å². The first-order valence-electron chi connectivity index (χ1n) is 7.11. The van der Waals surface area contributed by atoms with Gasteiger partial charge >= 0.3 is 11.9 Å². The third kappa shape index (κ3) is 2.09. The summed E-state index contributed by atoms with van der Waals surface area (Å²) in [7, 11) is 0. The van der Waals surface area contributed by atoms with Crippen LogP contribution in [0.1, 0.15) is 46.9 Å². The molecule has 0 aliphatic heterocycles. The molecule has 1 aromatic carbocycles. The van der Waals surface area contributed by atoms with Crippen LogP contribution in [-0.2, 0) is 4.74 Å². The molecule has 1 aromatic rings. The maximum atomic E-state index is 12.3. The van der Waals surface area contributed by atoms with E-state index in [1.165, 1.54) is 18.6 Å². The number of fused-ring (bicyclic) bond motifs is 2. The Balaban J connectivity index is 1.79. The van der Waals surface area contributed by atoms with Crippen molar-refractivity contribution in [2.45, 2.75) is 32.3 Å². The SMILES string of the molecule is CC1C2CCC(C2)C1OC(=O)c1ccccc1C(=O)O. The number of hydrogen-bond donors (Lipinski definition) is 1. The van der Waals surface area contributed by atoms with Gasteiger partial charge in [0.1, 0.15) is 6.10 Å². The van der Waals surface area contributed by atoms with Crippen molar-refractivity contribution in [2.24, 2.45) is 17.8 Å². The van der Waals surface area contributed by atoms with Crippen LogP contribution in [0.5, 0.6) is 0 Å². The van der Waals surface area contributed by atoms with Crippen LogP contribution < -0.4 is 0 Å². The molecule has 2 aliphatic carbocycles. The maximum absolute atomic E-state index is 12.3. The van der Waals surface area contributed by atoms with E-state index in [0.717, 1.165) is 12.8 Å². The summed E-state index contributed by atoms with van der Waals surface area (Å²) >= 11 is 0. The largest absolute Gasteiger partial charge is 0.478 e. The summed E-state index contributed by atoms with van der Waals surface area (Å²) < 4.78 is 5.63. The van der Waals surface area contributed by atoms with Gasteiger partial charge in [0.15, 0.2) is 0 Å². The van der Waals surface area contributed by atoms with Gasteiger partial charge in [-0.1, -0.05) is 19.1 Å². The monoisotopic (exact) mass is 274 g/mol. The van der Waals surface area contributed by atoms with Crippen molar-refractivity contribution in [3.05, 3.63) is 35.4 Å². The topological polar surface area (TPSA) is 63.6 Å². The summed E-state index contributed by atoms with van der Waals surface area (Å²) in [5.74, 6) is -0.107. The van der Waals surface area contributed by atoms with Crippen LogP contribution in [0.2, 0.25) is 0 Å². The number of aromatic carboxylic acids is 1. The average Bonchev–Trinajstić information content (AvgIpc) is 3.02. The van der Waals surface area contributed by atoms with Gasteiger partial charge in [0, 0.05) is 0 Å². The molecular weight excluding hydrogens is 256 g/mol. The molecule has 0 amide bonds. The second-order valence-corrected chi connectivity index (χ2v) is 5.91. The van der Waals surface area contributed by atoms with E-state index in [0.29, 0.717) is 17.8 Å². The summed E-state index contributed by atoms with van der Waals surface area (Å²) in [6.45, 7) is 2.13. The molecule has 4 atom stereocenters. The minimum atomic E-state index is -1.10. The van der Waals surface area contributed by atoms with Gasteiger partial charge in [-0.25, -0.2) is 9.59 Å². The third-order valence-electron chi connectivity index (χ3n) is 4.86. The van der Waals surface area contributed by atoms with Gasteiger partial charge in [0.2, 0.25) is 0 Å². The normalized spacial score (nSPS) is 31.2. The van der Waals surface area contributed by atoms with Crippen molar-refractivity contribution in [3.63, 3.8) is 0 Å². The Bertz CT molecular complexity index is 549.